The molecule has 2 aromatic rings. The Labute approximate surface area is 128 Å². The van der Waals surface area contributed by atoms with E-state index in [1.165, 1.54) is 4.57 Å². The maximum atomic E-state index is 12.6. The molecule has 0 spiro atoms. The molecule has 112 valence electrons. The van der Waals surface area contributed by atoms with Crippen LogP contribution < -0.4 is 11.2 Å². The van der Waals surface area contributed by atoms with Crippen molar-refractivity contribution in [2.75, 3.05) is 0 Å². The fraction of sp³-hybridized carbons (Fsp3) is 0.375. The van der Waals surface area contributed by atoms with Gasteiger partial charge in [0.25, 0.3) is 5.56 Å². The van der Waals surface area contributed by atoms with Gasteiger partial charge in [0.15, 0.2) is 0 Å². The van der Waals surface area contributed by atoms with E-state index in [1.54, 1.807) is 0 Å². The molecule has 4 nitrogen and oxygen atoms in total. The molecule has 1 aromatic carbocycles. The summed E-state index contributed by atoms with van der Waals surface area (Å²) in [6.07, 6.45) is 0.897. The lowest BCUT2D eigenvalue weighted by molar-refractivity contribution is 0.447. The lowest BCUT2D eigenvalue weighted by atomic mass is 10.1. The van der Waals surface area contributed by atoms with Crippen LogP contribution in [0, 0.1) is 12.8 Å². The van der Waals surface area contributed by atoms with Gasteiger partial charge < -0.3 is 0 Å². The summed E-state index contributed by atoms with van der Waals surface area (Å²) >= 11 is 6.08. The zero-order valence-corrected chi connectivity index (χ0v) is 13.2. The first-order chi connectivity index (χ1) is 9.93. The molecule has 1 unspecified atom stereocenters. The summed E-state index contributed by atoms with van der Waals surface area (Å²) < 4.78 is 1.23. The first-order valence-corrected chi connectivity index (χ1v) is 7.41. The quantitative estimate of drug-likeness (QED) is 0.882. The molecule has 1 heterocycles. The molecule has 0 bridgehead atoms. The molecule has 21 heavy (non-hydrogen) atoms. The first-order valence-electron chi connectivity index (χ1n) is 7.03. The Hall–Kier alpha value is -1.81. The summed E-state index contributed by atoms with van der Waals surface area (Å²) in [6.45, 7) is 6.40. The van der Waals surface area contributed by atoms with E-state index in [-0.39, 0.29) is 16.6 Å². The highest BCUT2D eigenvalue weighted by atomic mass is 35.5. The zero-order chi connectivity index (χ0) is 15.6. The van der Waals surface area contributed by atoms with Crippen LogP contribution in [0.3, 0.4) is 0 Å². The summed E-state index contributed by atoms with van der Waals surface area (Å²) in [5.41, 5.74) is 1.36. The Balaban J connectivity index is 2.62. The lowest BCUT2D eigenvalue weighted by Crippen LogP contribution is -2.37. The Morgan fingerprint density at radius 1 is 1.24 bits per heavy atom. The molecule has 0 aliphatic carbocycles. The van der Waals surface area contributed by atoms with Gasteiger partial charge in [0, 0.05) is 6.54 Å². The van der Waals surface area contributed by atoms with Gasteiger partial charge in [-0.1, -0.05) is 61.7 Å². The van der Waals surface area contributed by atoms with Crippen molar-refractivity contribution in [1.29, 1.82) is 0 Å². The van der Waals surface area contributed by atoms with E-state index in [4.69, 9.17) is 11.6 Å². The van der Waals surface area contributed by atoms with Crippen LogP contribution in [-0.4, -0.2) is 9.55 Å². The minimum Gasteiger partial charge on any atom is -0.297 e. The number of nitrogens with one attached hydrogen (secondary N) is 1. The van der Waals surface area contributed by atoms with E-state index in [1.807, 2.05) is 45.0 Å². The Kier molecular flexibility index (Phi) is 4.68. The van der Waals surface area contributed by atoms with Gasteiger partial charge >= 0.3 is 5.69 Å². The summed E-state index contributed by atoms with van der Waals surface area (Å²) in [5.74, 6) is 0.246. The molecule has 0 saturated heterocycles. The number of rotatable bonds is 4. The van der Waals surface area contributed by atoms with Crippen molar-refractivity contribution >= 4 is 11.6 Å². The summed E-state index contributed by atoms with van der Waals surface area (Å²) in [4.78, 5) is 27.1. The predicted octanol–water partition coefficient (Wildman–Crippen LogP) is 3.21. The maximum Gasteiger partial charge on any atom is 0.329 e. The van der Waals surface area contributed by atoms with Crippen molar-refractivity contribution in [1.82, 2.24) is 9.55 Å². The van der Waals surface area contributed by atoms with Crippen molar-refractivity contribution in [2.45, 2.75) is 33.7 Å². The SMILES string of the molecule is CCC(C)Cn1c(=O)[nH]c(Cl)c(-c2ccc(C)cc2)c1=O. The van der Waals surface area contributed by atoms with E-state index < -0.39 is 5.69 Å². The second-order valence-electron chi connectivity index (χ2n) is 5.41. The van der Waals surface area contributed by atoms with Crippen molar-refractivity contribution in [3.63, 3.8) is 0 Å². The molecular formula is C16H19ClN2O2. The molecular weight excluding hydrogens is 288 g/mol. The highest BCUT2D eigenvalue weighted by Crippen LogP contribution is 2.22. The number of halogens is 1. The number of hydrogen-bond acceptors (Lipinski definition) is 2. The largest absolute Gasteiger partial charge is 0.329 e. The molecule has 1 atom stereocenters. The number of aryl methyl sites for hydroxylation is 1. The lowest BCUT2D eigenvalue weighted by Gasteiger charge is -2.12. The molecule has 0 radical (unpaired) electrons. The van der Waals surface area contributed by atoms with Crippen LogP contribution in [0.5, 0.6) is 0 Å². The van der Waals surface area contributed by atoms with Crippen LogP contribution in [0.4, 0.5) is 0 Å². The standard InChI is InChI=1S/C16H19ClN2O2/c1-4-10(2)9-19-15(20)13(14(17)18-16(19)21)12-7-5-11(3)6-8-12/h5-8,10H,4,9H2,1-3H3,(H,18,21). The van der Waals surface area contributed by atoms with Gasteiger partial charge in [0.05, 0.1) is 5.56 Å². The number of aromatic nitrogens is 2. The van der Waals surface area contributed by atoms with Crippen LogP contribution in [0.1, 0.15) is 25.8 Å². The van der Waals surface area contributed by atoms with Gasteiger partial charge in [-0.25, -0.2) is 4.79 Å². The summed E-state index contributed by atoms with van der Waals surface area (Å²) in [7, 11) is 0. The minimum absolute atomic E-state index is 0.0919. The molecule has 0 saturated carbocycles. The zero-order valence-electron chi connectivity index (χ0n) is 12.4. The van der Waals surface area contributed by atoms with Crippen molar-refractivity contribution in [2.24, 2.45) is 5.92 Å². The number of H-pyrrole nitrogens is 1. The topological polar surface area (TPSA) is 54.9 Å². The molecule has 1 aromatic heterocycles. The van der Waals surface area contributed by atoms with Gasteiger partial charge in [-0.05, 0) is 18.4 Å². The second-order valence-corrected chi connectivity index (χ2v) is 5.79. The fourth-order valence-electron chi connectivity index (χ4n) is 2.12. The van der Waals surface area contributed by atoms with E-state index in [2.05, 4.69) is 4.98 Å². The van der Waals surface area contributed by atoms with Crippen LogP contribution in [0.25, 0.3) is 11.1 Å². The molecule has 2 rings (SSSR count). The van der Waals surface area contributed by atoms with Crippen molar-refractivity contribution < 1.29 is 0 Å². The maximum absolute atomic E-state index is 12.6. The van der Waals surface area contributed by atoms with Crippen molar-refractivity contribution in [3.8, 4) is 11.1 Å². The molecule has 0 fully saturated rings. The Morgan fingerprint density at radius 2 is 1.86 bits per heavy atom. The number of nitrogens with zero attached hydrogens (tertiary/aromatic N) is 1. The van der Waals surface area contributed by atoms with Crippen LogP contribution in [-0.2, 0) is 6.54 Å². The highest BCUT2D eigenvalue weighted by Gasteiger charge is 2.15. The fourth-order valence-corrected chi connectivity index (χ4v) is 2.39. The van der Waals surface area contributed by atoms with Crippen molar-refractivity contribution in [3.05, 3.63) is 55.8 Å². The third-order valence-corrected chi connectivity index (χ3v) is 3.96. The Bertz CT molecular complexity index is 744. The third kappa shape index (κ3) is 3.27. The average Bonchev–Trinajstić information content (AvgIpc) is 2.45. The normalized spacial score (nSPS) is 12.4. The smallest absolute Gasteiger partial charge is 0.297 e. The van der Waals surface area contributed by atoms with E-state index in [0.29, 0.717) is 17.7 Å². The summed E-state index contributed by atoms with van der Waals surface area (Å²) in [6, 6.07) is 7.50. The predicted molar refractivity (Wildman–Crippen MR) is 86.0 cm³/mol. The summed E-state index contributed by atoms with van der Waals surface area (Å²) in [5, 5.41) is 0.0919. The monoisotopic (exact) mass is 306 g/mol. The first kappa shape index (κ1) is 15.6. The van der Waals surface area contributed by atoms with Crippen LogP contribution in [0.15, 0.2) is 33.9 Å². The van der Waals surface area contributed by atoms with Gasteiger partial charge in [-0.15, -0.1) is 0 Å². The van der Waals surface area contributed by atoms with E-state index in [9.17, 15) is 9.59 Å². The number of hydrogen-bond donors (Lipinski definition) is 1. The Morgan fingerprint density at radius 3 is 2.43 bits per heavy atom. The van der Waals surface area contributed by atoms with Gasteiger partial charge in [-0.3, -0.25) is 14.3 Å². The molecule has 0 aliphatic heterocycles. The van der Waals surface area contributed by atoms with E-state index >= 15 is 0 Å². The molecule has 5 heteroatoms. The van der Waals surface area contributed by atoms with Crippen LogP contribution in [0.2, 0.25) is 5.15 Å². The van der Waals surface area contributed by atoms with E-state index in [0.717, 1.165) is 12.0 Å². The average molecular weight is 307 g/mol. The number of aromatic amines is 1. The second kappa shape index (κ2) is 6.31. The minimum atomic E-state index is -0.457. The van der Waals surface area contributed by atoms with Gasteiger partial charge in [-0.2, -0.15) is 0 Å². The van der Waals surface area contributed by atoms with Gasteiger partial charge in [0.2, 0.25) is 0 Å². The molecule has 0 aliphatic rings. The highest BCUT2D eigenvalue weighted by molar-refractivity contribution is 6.32. The molecule has 1 N–H and O–H groups in total. The van der Waals surface area contributed by atoms with Crippen LogP contribution >= 0.6 is 11.6 Å². The molecule has 0 amide bonds. The van der Waals surface area contributed by atoms with Gasteiger partial charge in [0.1, 0.15) is 5.15 Å². The third-order valence-electron chi connectivity index (χ3n) is 3.67. The number of benzene rings is 1.